The summed E-state index contributed by atoms with van der Waals surface area (Å²) in [7, 11) is 1.23. The second-order valence-corrected chi connectivity index (χ2v) is 4.06. The van der Waals surface area contributed by atoms with Crippen LogP contribution in [0.15, 0.2) is 12.3 Å². The van der Waals surface area contributed by atoms with E-state index in [1.165, 1.54) is 18.0 Å². The fraction of sp³-hybridized carbons (Fsp3) is 0.250. The van der Waals surface area contributed by atoms with Gasteiger partial charge in [-0.05, 0) is 13.8 Å². The van der Waals surface area contributed by atoms with E-state index >= 15 is 0 Å². The van der Waals surface area contributed by atoms with Gasteiger partial charge in [-0.25, -0.2) is 24.2 Å². The molecule has 0 bridgehead atoms. The molecule has 2 heterocycles. The van der Waals surface area contributed by atoms with Gasteiger partial charge in [0.25, 0.3) is 0 Å². The third-order valence-electron chi connectivity index (χ3n) is 2.57. The van der Waals surface area contributed by atoms with Crippen LogP contribution in [-0.4, -0.2) is 43.9 Å². The van der Waals surface area contributed by atoms with Gasteiger partial charge in [-0.15, -0.1) is 0 Å². The molecule has 0 aromatic carbocycles. The highest BCUT2D eigenvalue weighted by molar-refractivity contribution is 5.88. The maximum atomic E-state index is 11.5. The van der Waals surface area contributed by atoms with Crippen molar-refractivity contribution in [3.8, 4) is 5.82 Å². The Hall–Kier alpha value is -2.77. The van der Waals surface area contributed by atoms with Crippen molar-refractivity contribution in [3.63, 3.8) is 0 Å². The number of hydrogen-bond donors (Lipinski definition) is 1. The van der Waals surface area contributed by atoms with E-state index in [4.69, 9.17) is 5.11 Å². The molecule has 20 heavy (non-hydrogen) atoms. The van der Waals surface area contributed by atoms with Crippen LogP contribution >= 0.6 is 0 Å². The van der Waals surface area contributed by atoms with Gasteiger partial charge in [0.1, 0.15) is 5.56 Å². The monoisotopic (exact) mass is 276 g/mol. The molecule has 0 aliphatic rings. The topological polar surface area (TPSA) is 107 Å². The number of aromatic carboxylic acids is 1. The van der Waals surface area contributed by atoms with Gasteiger partial charge in [0.15, 0.2) is 5.82 Å². The molecule has 0 spiro atoms. The van der Waals surface area contributed by atoms with Gasteiger partial charge in [0.2, 0.25) is 5.82 Å². The van der Waals surface area contributed by atoms with E-state index in [0.717, 1.165) is 0 Å². The van der Waals surface area contributed by atoms with Crippen molar-refractivity contribution in [1.29, 1.82) is 0 Å². The number of aryl methyl sites for hydroxylation is 2. The lowest BCUT2D eigenvalue weighted by Crippen LogP contribution is -2.11. The van der Waals surface area contributed by atoms with Crippen LogP contribution in [0, 0.1) is 13.8 Å². The zero-order valence-electron chi connectivity index (χ0n) is 11.1. The van der Waals surface area contributed by atoms with E-state index in [-0.39, 0.29) is 11.4 Å². The standard InChI is InChI=1S/C12H12N4O4/c1-6-4-9(14-10(13-6)12(19)20-3)16-5-8(11(17)18)7(2)15-16/h4-5H,1-3H3,(H,17,18). The number of carbonyl (C=O) groups excluding carboxylic acids is 1. The smallest absolute Gasteiger partial charge is 0.376 e. The molecule has 104 valence electrons. The van der Waals surface area contributed by atoms with Gasteiger partial charge < -0.3 is 9.84 Å². The van der Waals surface area contributed by atoms with E-state index < -0.39 is 11.9 Å². The number of rotatable bonds is 3. The molecule has 0 unspecified atom stereocenters. The van der Waals surface area contributed by atoms with Crippen molar-refractivity contribution in [2.24, 2.45) is 0 Å². The van der Waals surface area contributed by atoms with E-state index in [1.807, 2.05) is 0 Å². The zero-order valence-corrected chi connectivity index (χ0v) is 11.1. The fourth-order valence-electron chi connectivity index (χ4n) is 1.64. The molecule has 2 rings (SSSR count). The number of carboxylic acids is 1. The summed E-state index contributed by atoms with van der Waals surface area (Å²) in [5, 5.41) is 13.1. The summed E-state index contributed by atoms with van der Waals surface area (Å²) in [6, 6.07) is 1.59. The molecule has 0 atom stereocenters. The average molecular weight is 276 g/mol. The van der Waals surface area contributed by atoms with Crippen molar-refractivity contribution >= 4 is 11.9 Å². The zero-order chi connectivity index (χ0) is 14.9. The van der Waals surface area contributed by atoms with Crippen LogP contribution in [0.4, 0.5) is 0 Å². The highest BCUT2D eigenvalue weighted by atomic mass is 16.5. The predicted octanol–water partition coefficient (Wildman–Crippen LogP) is 0.764. The summed E-state index contributed by atoms with van der Waals surface area (Å²) < 4.78 is 5.85. The molecule has 8 nitrogen and oxygen atoms in total. The lowest BCUT2D eigenvalue weighted by Gasteiger charge is -2.04. The third kappa shape index (κ3) is 2.48. The minimum absolute atomic E-state index is 0.0703. The lowest BCUT2D eigenvalue weighted by molar-refractivity contribution is 0.0585. The van der Waals surface area contributed by atoms with Crippen LogP contribution < -0.4 is 0 Å². The number of carboxylic acid groups (broad SMARTS) is 1. The Labute approximate surface area is 114 Å². The van der Waals surface area contributed by atoms with Gasteiger partial charge in [-0.2, -0.15) is 5.10 Å². The highest BCUT2D eigenvalue weighted by Crippen LogP contribution is 2.12. The Bertz CT molecular complexity index is 693. The quantitative estimate of drug-likeness (QED) is 0.824. The molecule has 0 amide bonds. The lowest BCUT2D eigenvalue weighted by atomic mass is 10.3. The maximum Gasteiger partial charge on any atom is 0.376 e. The summed E-state index contributed by atoms with van der Waals surface area (Å²) in [6.45, 7) is 3.27. The first kappa shape index (κ1) is 13.7. The number of hydrogen-bond acceptors (Lipinski definition) is 6. The van der Waals surface area contributed by atoms with Crippen LogP contribution in [0.5, 0.6) is 0 Å². The molecule has 0 saturated heterocycles. The second kappa shape index (κ2) is 5.08. The van der Waals surface area contributed by atoms with Crippen molar-refractivity contribution in [1.82, 2.24) is 19.7 Å². The van der Waals surface area contributed by atoms with Gasteiger partial charge >= 0.3 is 11.9 Å². The summed E-state index contributed by atoms with van der Waals surface area (Å²) in [4.78, 5) is 30.4. The molecule has 0 fully saturated rings. The Morgan fingerprint density at radius 3 is 2.55 bits per heavy atom. The first-order valence-electron chi connectivity index (χ1n) is 5.66. The summed E-state index contributed by atoms with van der Waals surface area (Å²) in [5.74, 6) is -1.55. The Balaban J connectivity index is 2.52. The number of ether oxygens (including phenoxy) is 1. The van der Waals surface area contributed by atoms with Gasteiger partial charge in [-0.1, -0.05) is 0 Å². The molecule has 1 N–H and O–H groups in total. The SMILES string of the molecule is COC(=O)c1nc(C)cc(-n2cc(C(=O)O)c(C)n2)n1. The molecule has 2 aromatic rings. The van der Waals surface area contributed by atoms with Crippen molar-refractivity contribution < 1.29 is 19.4 Å². The minimum Gasteiger partial charge on any atom is -0.478 e. The fourth-order valence-corrected chi connectivity index (χ4v) is 1.64. The molecule has 0 aliphatic carbocycles. The van der Waals surface area contributed by atoms with E-state index in [2.05, 4.69) is 19.8 Å². The first-order chi connectivity index (χ1) is 9.42. The Morgan fingerprint density at radius 1 is 1.30 bits per heavy atom. The van der Waals surface area contributed by atoms with Crippen LogP contribution in [0.3, 0.4) is 0 Å². The number of esters is 1. The average Bonchev–Trinajstić information content (AvgIpc) is 2.79. The number of nitrogens with zero attached hydrogens (tertiary/aromatic N) is 4. The van der Waals surface area contributed by atoms with Gasteiger partial charge in [0.05, 0.1) is 12.8 Å². The molecule has 0 aliphatic heterocycles. The Kier molecular flexibility index (Phi) is 3.47. The number of methoxy groups -OCH3 is 1. The van der Waals surface area contributed by atoms with Gasteiger partial charge in [0, 0.05) is 18.0 Å². The van der Waals surface area contributed by atoms with E-state index in [9.17, 15) is 9.59 Å². The molecule has 0 saturated carbocycles. The van der Waals surface area contributed by atoms with Crippen LogP contribution in [-0.2, 0) is 4.74 Å². The maximum absolute atomic E-state index is 11.5. The van der Waals surface area contributed by atoms with Crippen molar-refractivity contribution in [2.75, 3.05) is 7.11 Å². The number of aromatic nitrogens is 4. The molecule has 0 radical (unpaired) electrons. The summed E-state index contributed by atoms with van der Waals surface area (Å²) >= 11 is 0. The highest BCUT2D eigenvalue weighted by Gasteiger charge is 2.16. The number of carbonyl (C=O) groups is 2. The normalized spacial score (nSPS) is 10.3. The minimum atomic E-state index is -1.08. The molecule has 8 heteroatoms. The first-order valence-corrected chi connectivity index (χ1v) is 5.66. The van der Waals surface area contributed by atoms with Crippen LogP contribution in [0.1, 0.15) is 32.4 Å². The van der Waals surface area contributed by atoms with E-state index in [1.54, 1.807) is 19.9 Å². The van der Waals surface area contributed by atoms with Crippen molar-refractivity contribution in [3.05, 3.63) is 35.0 Å². The van der Waals surface area contributed by atoms with E-state index in [0.29, 0.717) is 17.2 Å². The summed E-state index contributed by atoms with van der Waals surface area (Å²) in [5.41, 5.74) is 0.967. The van der Waals surface area contributed by atoms with Crippen LogP contribution in [0.2, 0.25) is 0 Å². The third-order valence-corrected chi connectivity index (χ3v) is 2.57. The van der Waals surface area contributed by atoms with Crippen LogP contribution in [0.25, 0.3) is 5.82 Å². The largest absolute Gasteiger partial charge is 0.478 e. The molecule has 2 aromatic heterocycles. The van der Waals surface area contributed by atoms with Crippen molar-refractivity contribution in [2.45, 2.75) is 13.8 Å². The second-order valence-electron chi connectivity index (χ2n) is 4.06. The van der Waals surface area contributed by atoms with Gasteiger partial charge in [-0.3, -0.25) is 0 Å². The Morgan fingerprint density at radius 2 is 2.00 bits per heavy atom. The molecular weight excluding hydrogens is 264 g/mol. The predicted molar refractivity (Wildman–Crippen MR) is 66.9 cm³/mol. The summed E-state index contributed by atoms with van der Waals surface area (Å²) in [6.07, 6.45) is 1.33. The molecular formula is C12H12N4O4.